The Morgan fingerprint density at radius 1 is 0.964 bits per heavy atom. The number of aromatic nitrogens is 2. The molecule has 142 valence electrons. The van der Waals surface area contributed by atoms with Gasteiger partial charge in [-0.05, 0) is 42.0 Å². The number of nitrogens with zero attached hydrogens (tertiary/aromatic N) is 2. The second-order valence-electron chi connectivity index (χ2n) is 5.80. The van der Waals surface area contributed by atoms with Crippen LogP contribution in [0.15, 0.2) is 60.9 Å². The molecule has 0 saturated heterocycles. The molecule has 0 radical (unpaired) electrons. The highest BCUT2D eigenvalue weighted by Gasteiger charge is 2.08. The quantitative estimate of drug-likeness (QED) is 0.618. The molecule has 0 spiro atoms. The summed E-state index contributed by atoms with van der Waals surface area (Å²) in [4.78, 5) is 31.9. The maximum atomic E-state index is 12.2. The number of benzene rings is 2. The molecule has 8 heteroatoms. The number of amides is 1. The minimum atomic E-state index is -0.406. The van der Waals surface area contributed by atoms with Crippen molar-refractivity contribution in [3.8, 4) is 0 Å². The predicted octanol–water partition coefficient (Wildman–Crippen LogP) is 3.59. The molecule has 0 aliphatic rings. The Hall–Kier alpha value is -3.45. The lowest BCUT2D eigenvalue weighted by Crippen LogP contribution is -2.23. The first-order chi connectivity index (χ1) is 13.5. The van der Waals surface area contributed by atoms with Gasteiger partial charge in [0.25, 0.3) is 5.91 Å². The number of carbonyl (C=O) groups excluding carboxylic acids is 2. The van der Waals surface area contributed by atoms with Crippen LogP contribution in [0.2, 0.25) is 5.02 Å². The van der Waals surface area contributed by atoms with Crippen molar-refractivity contribution in [2.75, 3.05) is 12.4 Å². The first-order valence-corrected chi connectivity index (χ1v) is 8.73. The van der Waals surface area contributed by atoms with Gasteiger partial charge in [-0.3, -0.25) is 4.79 Å². The van der Waals surface area contributed by atoms with Gasteiger partial charge < -0.3 is 15.4 Å². The molecule has 3 rings (SSSR count). The molecular weight excluding hydrogens is 380 g/mol. The summed E-state index contributed by atoms with van der Waals surface area (Å²) in [5.74, 6) is -0.347. The zero-order valence-electron chi connectivity index (χ0n) is 15.0. The van der Waals surface area contributed by atoms with E-state index < -0.39 is 5.97 Å². The standard InChI is InChI=1S/C20H17ClN4O3/c1-28-19(27)14-4-8-17(9-5-14)25-20-23-11-15(12-24-20)18(26)22-10-13-2-6-16(21)7-3-13/h2-9,11-12H,10H2,1H3,(H,22,26)(H,23,24,25). The molecule has 1 heterocycles. The topological polar surface area (TPSA) is 93.2 Å². The molecule has 0 bridgehead atoms. The third-order valence-corrected chi connectivity index (χ3v) is 4.09. The van der Waals surface area contributed by atoms with E-state index in [0.717, 1.165) is 5.56 Å². The number of rotatable bonds is 6. The van der Waals surface area contributed by atoms with Crippen LogP contribution in [0.3, 0.4) is 0 Å². The molecule has 2 aromatic carbocycles. The largest absolute Gasteiger partial charge is 0.465 e. The van der Waals surface area contributed by atoms with Crippen LogP contribution in [0.5, 0.6) is 0 Å². The molecule has 0 atom stereocenters. The fourth-order valence-electron chi connectivity index (χ4n) is 2.33. The summed E-state index contributed by atoms with van der Waals surface area (Å²) in [6, 6.07) is 13.9. The molecule has 0 aliphatic heterocycles. The van der Waals surface area contributed by atoms with Crippen LogP contribution < -0.4 is 10.6 Å². The second-order valence-corrected chi connectivity index (χ2v) is 6.23. The fraction of sp³-hybridized carbons (Fsp3) is 0.100. The third-order valence-electron chi connectivity index (χ3n) is 3.84. The second kappa shape index (κ2) is 8.96. The number of hydrogen-bond acceptors (Lipinski definition) is 6. The van der Waals surface area contributed by atoms with Gasteiger partial charge in [0, 0.05) is 29.6 Å². The molecule has 0 fully saturated rings. The van der Waals surface area contributed by atoms with Gasteiger partial charge in [-0.25, -0.2) is 14.8 Å². The number of esters is 1. The summed E-state index contributed by atoms with van der Waals surface area (Å²) < 4.78 is 4.66. The van der Waals surface area contributed by atoms with Crippen molar-refractivity contribution < 1.29 is 14.3 Å². The van der Waals surface area contributed by atoms with Crippen LogP contribution in [0.25, 0.3) is 0 Å². The molecule has 0 saturated carbocycles. The fourth-order valence-corrected chi connectivity index (χ4v) is 2.46. The molecule has 3 aromatic rings. The molecule has 2 N–H and O–H groups in total. The molecule has 28 heavy (non-hydrogen) atoms. The predicted molar refractivity (Wildman–Crippen MR) is 106 cm³/mol. The van der Waals surface area contributed by atoms with Crippen LogP contribution >= 0.6 is 11.6 Å². The average Bonchev–Trinajstić information content (AvgIpc) is 2.73. The zero-order chi connectivity index (χ0) is 19.9. The number of hydrogen-bond donors (Lipinski definition) is 2. The summed E-state index contributed by atoms with van der Waals surface area (Å²) in [6.07, 6.45) is 2.88. The van der Waals surface area contributed by atoms with E-state index >= 15 is 0 Å². The summed E-state index contributed by atoms with van der Waals surface area (Å²) in [7, 11) is 1.33. The minimum Gasteiger partial charge on any atom is -0.465 e. The van der Waals surface area contributed by atoms with E-state index in [1.807, 2.05) is 12.1 Å². The number of nitrogens with one attached hydrogen (secondary N) is 2. The van der Waals surface area contributed by atoms with Gasteiger partial charge in [0.15, 0.2) is 0 Å². The van der Waals surface area contributed by atoms with Crippen LogP contribution in [-0.4, -0.2) is 29.0 Å². The van der Waals surface area contributed by atoms with Crippen LogP contribution in [0, 0.1) is 0 Å². The lowest BCUT2D eigenvalue weighted by molar-refractivity contribution is 0.0600. The van der Waals surface area contributed by atoms with Crippen molar-refractivity contribution in [3.05, 3.63) is 82.6 Å². The van der Waals surface area contributed by atoms with Crippen molar-refractivity contribution >= 4 is 35.1 Å². The van der Waals surface area contributed by atoms with Gasteiger partial charge >= 0.3 is 5.97 Å². The van der Waals surface area contributed by atoms with Crippen LogP contribution in [0.1, 0.15) is 26.3 Å². The van der Waals surface area contributed by atoms with Crippen molar-refractivity contribution in [2.45, 2.75) is 6.54 Å². The maximum absolute atomic E-state index is 12.2. The van der Waals surface area contributed by atoms with E-state index in [4.69, 9.17) is 11.6 Å². The van der Waals surface area contributed by atoms with Gasteiger partial charge in [0.05, 0.1) is 18.2 Å². The highest BCUT2D eigenvalue weighted by Crippen LogP contribution is 2.14. The van der Waals surface area contributed by atoms with Crippen LogP contribution in [0.4, 0.5) is 11.6 Å². The molecule has 1 aromatic heterocycles. The summed E-state index contributed by atoms with van der Waals surface area (Å²) >= 11 is 5.84. The summed E-state index contributed by atoms with van der Waals surface area (Å²) in [5.41, 5.74) is 2.43. The normalized spacial score (nSPS) is 10.2. The van der Waals surface area contributed by atoms with Gasteiger partial charge in [0.1, 0.15) is 0 Å². The first-order valence-electron chi connectivity index (χ1n) is 8.35. The Labute approximate surface area is 166 Å². The lowest BCUT2D eigenvalue weighted by Gasteiger charge is -2.07. The number of methoxy groups -OCH3 is 1. The lowest BCUT2D eigenvalue weighted by atomic mass is 10.2. The monoisotopic (exact) mass is 396 g/mol. The van der Waals surface area contributed by atoms with E-state index in [0.29, 0.717) is 34.3 Å². The minimum absolute atomic E-state index is 0.274. The smallest absolute Gasteiger partial charge is 0.337 e. The van der Waals surface area contributed by atoms with E-state index in [2.05, 4.69) is 25.3 Å². The number of anilines is 2. The number of ether oxygens (including phenoxy) is 1. The van der Waals surface area contributed by atoms with Crippen molar-refractivity contribution in [2.24, 2.45) is 0 Å². The van der Waals surface area contributed by atoms with E-state index in [1.165, 1.54) is 19.5 Å². The van der Waals surface area contributed by atoms with Crippen LogP contribution in [-0.2, 0) is 11.3 Å². The van der Waals surface area contributed by atoms with Gasteiger partial charge in [0.2, 0.25) is 5.95 Å². The van der Waals surface area contributed by atoms with Gasteiger partial charge in [-0.1, -0.05) is 23.7 Å². The number of carbonyl (C=O) groups is 2. The van der Waals surface area contributed by atoms with E-state index in [9.17, 15) is 9.59 Å². The highest BCUT2D eigenvalue weighted by atomic mass is 35.5. The third kappa shape index (κ3) is 5.05. The average molecular weight is 397 g/mol. The first kappa shape index (κ1) is 19.3. The van der Waals surface area contributed by atoms with Crippen molar-refractivity contribution in [1.29, 1.82) is 0 Å². The molecule has 1 amide bonds. The SMILES string of the molecule is COC(=O)c1ccc(Nc2ncc(C(=O)NCc3ccc(Cl)cc3)cn2)cc1. The Morgan fingerprint density at radius 2 is 1.61 bits per heavy atom. The highest BCUT2D eigenvalue weighted by molar-refractivity contribution is 6.30. The van der Waals surface area contributed by atoms with Crippen molar-refractivity contribution in [3.63, 3.8) is 0 Å². The Balaban J connectivity index is 1.57. The zero-order valence-corrected chi connectivity index (χ0v) is 15.7. The van der Waals surface area contributed by atoms with E-state index in [-0.39, 0.29) is 5.91 Å². The molecule has 0 unspecified atom stereocenters. The van der Waals surface area contributed by atoms with Gasteiger partial charge in [-0.15, -0.1) is 0 Å². The van der Waals surface area contributed by atoms with Gasteiger partial charge in [-0.2, -0.15) is 0 Å². The Kier molecular flexibility index (Phi) is 6.18. The molecular formula is C20H17ClN4O3. The molecule has 7 nitrogen and oxygen atoms in total. The maximum Gasteiger partial charge on any atom is 0.337 e. The summed E-state index contributed by atoms with van der Waals surface area (Å²) in [6.45, 7) is 0.378. The molecule has 0 aliphatic carbocycles. The number of halogens is 1. The van der Waals surface area contributed by atoms with Crippen molar-refractivity contribution in [1.82, 2.24) is 15.3 Å². The van der Waals surface area contributed by atoms with E-state index in [1.54, 1.807) is 36.4 Å². The Morgan fingerprint density at radius 3 is 2.21 bits per heavy atom. The Bertz CT molecular complexity index is 958. The summed E-state index contributed by atoms with van der Waals surface area (Å²) in [5, 5.41) is 6.44.